The van der Waals surface area contributed by atoms with Crippen molar-refractivity contribution in [3.63, 3.8) is 0 Å². The van der Waals surface area contributed by atoms with Gasteiger partial charge in [-0.25, -0.2) is 8.42 Å². The Hall–Kier alpha value is -3.48. The Morgan fingerprint density at radius 3 is 2.47 bits per heavy atom. The van der Waals surface area contributed by atoms with Crippen LogP contribution in [0.3, 0.4) is 0 Å². The average molecular weight is 516 g/mol. The van der Waals surface area contributed by atoms with E-state index in [1.165, 1.54) is 29.2 Å². The summed E-state index contributed by atoms with van der Waals surface area (Å²) in [5.41, 5.74) is 2.36. The maximum Gasteiger partial charge on any atom is 0.305 e. The summed E-state index contributed by atoms with van der Waals surface area (Å²) >= 11 is 0. The first kappa shape index (κ1) is 25.6. The van der Waals surface area contributed by atoms with Gasteiger partial charge in [-0.15, -0.1) is 4.83 Å². The van der Waals surface area contributed by atoms with Gasteiger partial charge in [0.15, 0.2) is 0 Å². The lowest BCUT2D eigenvalue weighted by molar-refractivity contribution is -0.139. The summed E-state index contributed by atoms with van der Waals surface area (Å²) in [7, 11) is -4.13. The number of aliphatic carboxylic acids is 1. The minimum atomic E-state index is -4.13. The van der Waals surface area contributed by atoms with E-state index in [-0.39, 0.29) is 23.9 Å². The second-order valence-corrected chi connectivity index (χ2v) is 10.3. The third-order valence-electron chi connectivity index (χ3n) is 6.20. The molecule has 1 fully saturated rings. The van der Waals surface area contributed by atoms with Crippen molar-refractivity contribution in [3.05, 3.63) is 59.7 Å². The molecule has 0 saturated carbocycles. The monoisotopic (exact) mass is 515 g/mol. The van der Waals surface area contributed by atoms with Crippen molar-refractivity contribution in [2.45, 2.75) is 17.7 Å². The second-order valence-electron chi connectivity index (χ2n) is 8.65. The molecule has 0 atom stereocenters. The van der Waals surface area contributed by atoms with Crippen molar-refractivity contribution in [3.8, 4) is 0 Å². The number of carboxylic acids is 1. The van der Waals surface area contributed by atoms with E-state index in [4.69, 9.17) is 5.11 Å². The van der Waals surface area contributed by atoms with Crippen molar-refractivity contribution in [2.24, 2.45) is 0 Å². The zero-order chi connectivity index (χ0) is 25.7. The van der Waals surface area contributed by atoms with E-state index in [1.807, 2.05) is 18.2 Å². The van der Waals surface area contributed by atoms with Crippen LogP contribution in [0.4, 0.5) is 5.69 Å². The van der Waals surface area contributed by atoms with E-state index < -0.39 is 28.3 Å². The topological polar surface area (TPSA) is 139 Å². The van der Waals surface area contributed by atoms with Gasteiger partial charge in [0.2, 0.25) is 0 Å². The van der Waals surface area contributed by atoms with Crippen molar-refractivity contribution in [2.75, 3.05) is 50.7 Å². The van der Waals surface area contributed by atoms with Gasteiger partial charge in [-0.2, -0.15) is 0 Å². The van der Waals surface area contributed by atoms with E-state index in [0.717, 1.165) is 42.4 Å². The molecule has 0 bridgehead atoms. The minimum absolute atomic E-state index is 0.0680. The first-order valence-electron chi connectivity index (χ1n) is 11.7. The Labute approximate surface area is 209 Å². The Balaban J connectivity index is 1.49. The summed E-state index contributed by atoms with van der Waals surface area (Å²) in [6.07, 6.45) is 0.0922. The molecule has 0 aromatic heterocycles. The fourth-order valence-corrected chi connectivity index (χ4v) is 5.36. The van der Waals surface area contributed by atoms with E-state index in [2.05, 4.69) is 15.0 Å². The number of carboxylic acid groups (broad SMARTS) is 1. The van der Waals surface area contributed by atoms with Gasteiger partial charge in [0.25, 0.3) is 21.8 Å². The fraction of sp³-hybridized carbons (Fsp3) is 0.375. The Bertz CT molecular complexity index is 1230. The first-order valence-corrected chi connectivity index (χ1v) is 13.2. The summed E-state index contributed by atoms with van der Waals surface area (Å²) in [6, 6.07) is 13.3. The van der Waals surface area contributed by atoms with Crippen molar-refractivity contribution >= 4 is 33.5 Å². The maximum absolute atomic E-state index is 13.3. The van der Waals surface area contributed by atoms with E-state index in [1.54, 1.807) is 6.07 Å². The highest BCUT2D eigenvalue weighted by Gasteiger charge is 2.30. The van der Waals surface area contributed by atoms with Crippen LogP contribution in [0.5, 0.6) is 0 Å². The van der Waals surface area contributed by atoms with Gasteiger partial charge in [-0.1, -0.05) is 24.3 Å². The highest BCUT2D eigenvalue weighted by Crippen LogP contribution is 2.25. The number of amides is 2. The highest BCUT2D eigenvalue weighted by atomic mass is 32.2. The molecule has 36 heavy (non-hydrogen) atoms. The number of carbonyl (C=O) groups excluding carboxylic acids is 2. The number of hydrazine groups is 1. The number of hydrogen-bond acceptors (Lipinski definition) is 7. The molecule has 0 unspecified atom stereocenters. The molecule has 0 aliphatic carbocycles. The van der Waals surface area contributed by atoms with Crippen LogP contribution in [0.25, 0.3) is 0 Å². The smallest absolute Gasteiger partial charge is 0.305 e. The third-order valence-corrected chi connectivity index (χ3v) is 7.56. The van der Waals surface area contributed by atoms with Crippen molar-refractivity contribution in [1.82, 2.24) is 20.1 Å². The Morgan fingerprint density at radius 2 is 1.78 bits per heavy atom. The Morgan fingerprint density at radius 1 is 1.06 bits per heavy atom. The summed E-state index contributed by atoms with van der Waals surface area (Å²) in [4.78, 5) is 43.2. The third kappa shape index (κ3) is 6.01. The number of piperazine rings is 1. The predicted octanol–water partition coefficient (Wildman–Crippen LogP) is 0.291. The minimum Gasteiger partial charge on any atom is -0.481 e. The molecular formula is C24H29N5O6S. The zero-order valence-corrected chi connectivity index (χ0v) is 20.5. The quantitative estimate of drug-likeness (QED) is 0.405. The average Bonchev–Trinajstić information content (AvgIpc) is 2.89. The normalized spacial score (nSPS) is 15.9. The van der Waals surface area contributed by atoms with Crippen LogP contribution in [-0.2, 0) is 26.0 Å². The van der Waals surface area contributed by atoms with Crippen LogP contribution in [0.15, 0.2) is 53.4 Å². The van der Waals surface area contributed by atoms with Gasteiger partial charge in [0.1, 0.15) is 6.54 Å². The molecule has 11 nitrogen and oxygen atoms in total. The Kier molecular flexibility index (Phi) is 7.87. The summed E-state index contributed by atoms with van der Waals surface area (Å²) in [5.74, 6) is -2.22. The van der Waals surface area contributed by atoms with Gasteiger partial charge in [-0.3, -0.25) is 19.4 Å². The number of sulfonamides is 1. The van der Waals surface area contributed by atoms with Gasteiger partial charge >= 0.3 is 5.97 Å². The van der Waals surface area contributed by atoms with Crippen LogP contribution in [-0.4, -0.2) is 87.0 Å². The molecule has 2 aromatic rings. The number of hydrogen-bond donors (Lipinski definition) is 3. The molecule has 2 aromatic carbocycles. The number of rotatable bonds is 9. The SMILES string of the molecule is O=C(O)CCN(NS(=O)(=O)c1ccccc1)C(=O)CN1CCc2ccc(N3CCNCC3)cc2C1=O. The van der Waals surface area contributed by atoms with E-state index in [0.29, 0.717) is 18.5 Å². The zero-order valence-electron chi connectivity index (χ0n) is 19.7. The number of anilines is 1. The van der Waals surface area contributed by atoms with Crippen molar-refractivity contribution < 1.29 is 27.9 Å². The van der Waals surface area contributed by atoms with Gasteiger partial charge in [0.05, 0.1) is 11.3 Å². The van der Waals surface area contributed by atoms with Gasteiger partial charge in [0, 0.05) is 50.5 Å². The predicted molar refractivity (Wildman–Crippen MR) is 132 cm³/mol. The lowest BCUT2D eigenvalue weighted by atomic mass is 9.97. The molecule has 2 amide bonds. The summed E-state index contributed by atoms with van der Waals surface area (Å²) < 4.78 is 25.5. The highest BCUT2D eigenvalue weighted by molar-refractivity contribution is 7.89. The molecular weight excluding hydrogens is 486 g/mol. The number of nitrogens with one attached hydrogen (secondary N) is 2. The fourth-order valence-electron chi connectivity index (χ4n) is 4.25. The molecule has 2 heterocycles. The molecule has 0 spiro atoms. The molecule has 1 saturated heterocycles. The van der Waals surface area contributed by atoms with Crippen molar-refractivity contribution in [1.29, 1.82) is 0 Å². The van der Waals surface area contributed by atoms with Crippen LogP contribution in [0.2, 0.25) is 0 Å². The van der Waals surface area contributed by atoms with E-state index in [9.17, 15) is 22.8 Å². The molecule has 2 aliphatic rings. The van der Waals surface area contributed by atoms with Crippen LogP contribution in [0, 0.1) is 0 Å². The van der Waals surface area contributed by atoms with Crippen LogP contribution in [0.1, 0.15) is 22.3 Å². The molecule has 192 valence electrons. The second kappa shape index (κ2) is 11.1. The summed E-state index contributed by atoms with van der Waals surface area (Å²) in [6.45, 7) is 2.90. The first-order chi connectivity index (χ1) is 17.2. The number of nitrogens with zero attached hydrogens (tertiary/aromatic N) is 3. The van der Waals surface area contributed by atoms with Crippen LogP contribution < -0.4 is 15.0 Å². The van der Waals surface area contributed by atoms with E-state index >= 15 is 0 Å². The molecule has 4 rings (SSSR count). The molecule has 2 aliphatic heterocycles. The largest absolute Gasteiger partial charge is 0.481 e. The molecule has 0 radical (unpaired) electrons. The molecule has 12 heteroatoms. The lowest BCUT2D eigenvalue weighted by Gasteiger charge is -2.33. The molecule has 3 N–H and O–H groups in total. The number of carbonyl (C=O) groups is 3. The van der Waals surface area contributed by atoms with Gasteiger partial charge < -0.3 is 20.2 Å². The standard InChI is InChI=1S/C24H29N5O6S/c30-22(29(13-9-23(31)32)26-36(34,35)20-4-2-1-3-5-20)17-28-12-8-18-6-7-19(16-21(18)24(28)33)27-14-10-25-11-15-27/h1-7,16,25-26H,8-15,17H2,(H,31,32). The van der Waals surface area contributed by atoms with Gasteiger partial charge in [-0.05, 0) is 36.2 Å². The number of fused-ring (bicyclic) bond motifs is 1. The summed E-state index contributed by atoms with van der Waals surface area (Å²) in [5, 5.41) is 13.1. The van der Waals surface area contributed by atoms with Crippen LogP contribution >= 0.6 is 0 Å². The maximum atomic E-state index is 13.3. The lowest BCUT2D eigenvalue weighted by Crippen LogP contribution is -2.52. The number of benzene rings is 2.